The molecule has 0 aliphatic rings. The van der Waals surface area contributed by atoms with Gasteiger partial charge in [-0.25, -0.2) is 9.97 Å². The Morgan fingerprint density at radius 1 is 0.254 bits per heavy atom. The Bertz CT molecular complexity index is 3820. The molecule has 0 saturated heterocycles. The van der Waals surface area contributed by atoms with Gasteiger partial charge in [0.2, 0.25) is 0 Å². The lowest BCUT2D eigenvalue weighted by Gasteiger charge is -2.14. The van der Waals surface area contributed by atoms with Gasteiger partial charge in [0.25, 0.3) is 0 Å². The molecule has 13 aromatic rings. The Morgan fingerprint density at radius 2 is 0.667 bits per heavy atom. The summed E-state index contributed by atoms with van der Waals surface area (Å²) in [5.41, 5.74) is 15.2. The number of para-hydroxylation sites is 4. The monoisotopic (exact) mass is 803 g/mol. The maximum absolute atomic E-state index is 5.14. The van der Waals surface area contributed by atoms with Crippen LogP contribution in [0, 0.1) is 0 Å². The number of rotatable bonds is 6. The van der Waals surface area contributed by atoms with E-state index in [1.807, 2.05) is 12.1 Å². The first kappa shape index (κ1) is 35.2. The summed E-state index contributed by atoms with van der Waals surface area (Å²) in [6.07, 6.45) is 0. The maximum atomic E-state index is 5.14. The van der Waals surface area contributed by atoms with Crippen LogP contribution in [0.1, 0.15) is 0 Å². The van der Waals surface area contributed by atoms with Crippen molar-refractivity contribution in [2.75, 3.05) is 0 Å². The van der Waals surface area contributed by atoms with E-state index in [-0.39, 0.29) is 0 Å². The molecule has 0 amide bonds. The number of hydrogen-bond acceptors (Lipinski definition) is 2. The van der Waals surface area contributed by atoms with Crippen LogP contribution in [0.2, 0.25) is 0 Å². The summed E-state index contributed by atoms with van der Waals surface area (Å²) in [6.45, 7) is 0. The molecule has 9 aromatic carbocycles. The average Bonchev–Trinajstić information content (AvgIpc) is 4.00. The van der Waals surface area contributed by atoms with Crippen molar-refractivity contribution in [2.24, 2.45) is 0 Å². The molecule has 13 rings (SSSR count). The molecule has 0 fully saturated rings. The fourth-order valence-electron chi connectivity index (χ4n) is 9.84. The minimum Gasteiger partial charge on any atom is -0.309 e. The van der Waals surface area contributed by atoms with Crippen molar-refractivity contribution in [1.82, 2.24) is 23.7 Å². The van der Waals surface area contributed by atoms with Crippen LogP contribution in [0.4, 0.5) is 0 Å². The summed E-state index contributed by atoms with van der Waals surface area (Å²) in [6, 6.07) is 80.2. The highest BCUT2D eigenvalue weighted by Crippen LogP contribution is 2.43. The van der Waals surface area contributed by atoms with Gasteiger partial charge in [-0.05, 0) is 78.9 Å². The Labute approximate surface area is 363 Å². The Kier molecular flexibility index (Phi) is 7.84. The van der Waals surface area contributed by atoms with E-state index < -0.39 is 0 Å². The molecule has 0 unspecified atom stereocenters. The molecular formula is C58H37N5. The molecule has 4 aromatic heterocycles. The van der Waals surface area contributed by atoms with Gasteiger partial charge in [0.05, 0.1) is 44.5 Å². The fraction of sp³-hybridized carbons (Fsp3) is 0. The van der Waals surface area contributed by atoms with E-state index in [2.05, 4.69) is 226 Å². The van der Waals surface area contributed by atoms with Crippen LogP contribution in [0.3, 0.4) is 0 Å². The van der Waals surface area contributed by atoms with Crippen molar-refractivity contribution in [1.29, 1.82) is 0 Å². The first-order valence-corrected chi connectivity index (χ1v) is 21.4. The van der Waals surface area contributed by atoms with Gasteiger partial charge in [0.15, 0.2) is 5.82 Å². The van der Waals surface area contributed by atoms with Crippen LogP contribution in [0.5, 0.6) is 0 Å². The summed E-state index contributed by atoms with van der Waals surface area (Å²) in [5.74, 6) is 0.690. The van der Waals surface area contributed by atoms with Crippen molar-refractivity contribution in [3.63, 3.8) is 0 Å². The molecule has 0 radical (unpaired) electrons. The molecule has 4 heterocycles. The van der Waals surface area contributed by atoms with E-state index in [0.717, 1.165) is 56.2 Å². The highest BCUT2D eigenvalue weighted by molar-refractivity contribution is 6.24. The second kappa shape index (κ2) is 14.0. The predicted octanol–water partition coefficient (Wildman–Crippen LogP) is 14.8. The number of fused-ring (bicyclic) bond motifs is 10. The normalized spacial score (nSPS) is 11.8. The molecule has 0 bridgehead atoms. The van der Waals surface area contributed by atoms with Crippen LogP contribution < -0.4 is 0 Å². The zero-order chi connectivity index (χ0) is 41.4. The van der Waals surface area contributed by atoms with E-state index >= 15 is 0 Å². The summed E-state index contributed by atoms with van der Waals surface area (Å²) in [4.78, 5) is 10.3. The van der Waals surface area contributed by atoms with Crippen molar-refractivity contribution >= 4 is 65.4 Å². The standard InChI is InChI=1S/C58H37N5/c1-4-16-38(17-5-1)50-37-51(39-18-6-2-7-19-39)60-58(59-50)40-28-30-42(31-29-40)62-53-26-14-10-22-44(53)47-33-34-48-45-23-11-15-27-54(45)63(57(48)56(47)62)43-32-35-55-49(36-43)46-24-12-13-25-52(46)61(55)41-20-8-3-9-21-41/h1-37H. The molecule has 294 valence electrons. The van der Waals surface area contributed by atoms with Gasteiger partial charge in [-0.15, -0.1) is 0 Å². The molecule has 63 heavy (non-hydrogen) atoms. The number of hydrogen-bond donors (Lipinski definition) is 0. The lowest BCUT2D eigenvalue weighted by Crippen LogP contribution is -1.99. The van der Waals surface area contributed by atoms with Crippen LogP contribution in [0.15, 0.2) is 224 Å². The van der Waals surface area contributed by atoms with Crippen molar-refractivity contribution in [2.45, 2.75) is 0 Å². The zero-order valence-corrected chi connectivity index (χ0v) is 34.1. The summed E-state index contributed by atoms with van der Waals surface area (Å²) in [7, 11) is 0. The molecule has 0 atom stereocenters. The number of aromatic nitrogens is 5. The van der Waals surface area contributed by atoms with Gasteiger partial charge >= 0.3 is 0 Å². The topological polar surface area (TPSA) is 40.6 Å². The Balaban J connectivity index is 1.04. The van der Waals surface area contributed by atoms with Gasteiger partial charge in [-0.3, -0.25) is 0 Å². The van der Waals surface area contributed by atoms with Crippen molar-refractivity contribution in [3.8, 4) is 51.0 Å². The summed E-state index contributed by atoms with van der Waals surface area (Å²) < 4.78 is 7.31. The van der Waals surface area contributed by atoms with Crippen LogP contribution in [-0.2, 0) is 0 Å². The molecule has 5 heteroatoms. The van der Waals surface area contributed by atoms with Crippen molar-refractivity contribution in [3.05, 3.63) is 224 Å². The minimum absolute atomic E-state index is 0.690. The second-order valence-corrected chi connectivity index (χ2v) is 16.2. The minimum atomic E-state index is 0.690. The van der Waals surface area contributed by atoms with Gasteiger partial charge in [0.1, 0.15) is 0 Å². The average molecular weight is 804 g/mol. The van der Waals surface area contributed by atoms with Gasteiger partial charge < -0.3 is 13.7 Å². The third kappa shape index (κ3) is 5.50. The van der Waals surface area contributed by atoms with E-state index in [9.17, 15) is 0 Å². The molecule has 0 saturated carbocycles. The number of nitrogens with zero attached hydrogens (tertiary/aromatic N) is 5. The predicted molar refractivity (Wildman–Crippen MR) is 261 cm³/mol. The van der Waals surface area contributed by atoms with E-state index in [1.54, 1.807) is 0 Å². The second-order valence-electron chi connectivity index (χ2n) is 16.2. The summed E-state index contributed by atoms with van der Waals surface area (Å²) in [5, 5.41) is 7.30. The van der Waals surface area contributed by atoms with Crippen molar-refractivity contribution < 1.29 is 0 Å². The van der Waals surface area contributed by atoms with Gasteiger partial charge in [-0.1, -0.05) is 146 Å². The molecule has 0 N–H and O–H groups in total. The van der Waals surface area contributed by atoms with E-state index in [0.29, 0.717) is 5.82 Å². The molecular weight excluding hydrogens is 767 g/mol. The largest absolute Gasteiger partial charge is 0.309 e. The van der Waals surface area contributed by atoms with E-state index in [1.165, 1.54) is 54.4 Å². The first-order chi connectivity index (χ1) is 31.3. The highest BCUT2D eigenvalue weighted by Gasteiger charge is 2.22. The van der Waals surface area contributed by atoms with Gasteiger partial charge in [-0.2, -0.15) is 0 Å². The smallest absolute Gasteiger partial charge is 0.160 e. The fourth-order valence-corrected chi connectivity index (χ4v) is 9.84. The SMILES string of the molecule is c1ccc(-c2cc(-c3ccccc3)nc(-c3ccc(-n4c5ccccc5c5ccc6c7ccccc7n(-c7ccc8c(c7)c7ccccc7n8-c7ccccc7)c6c54)cc3)n2)cc1. The van der Waals surface area contributed by atoms with Crippen LogP contribution >= 0.6 is 0 Å². The Morgan fingerprint density at radius 3 is 1.22 bits per heavy atom. The molecule has 0 spiro atoms. The Hall–Kier alpha value is -8.54. The van der Waals surface area contributed by atoms with Gasteiger partial charge in [0, 0.05) is 66.1 Å². The molecule has 0 aliphatic carbocycles. The lowest BCUT2D eigenvalue weighted by atomic mass is 10.1. The third-order valence-electron chi connectivity index (χ3n) is 12.6. The quantitative estimate of drug-likeness (QED) is 0.168. The molecule has 0 aliphatic heterocycles. The third-order valence-corrected chi connectivity index (χ3v) is 12.6. The zero-order valence-electron chi connectivity index (χ0n) is 34.1. The van der Waals surface area contributed by atoms with Crippen LogP contribution in [-0.4, -0.2) is 23.7 Å². The molecule has 5 nitrogen and oxygen atoms in total. The lowest BCUT2D eigenvalue weighted by molar-refractivity contribution is 1.14. The van der Waals surface area contributed by atoms with E-state index in [4.69, 9.17) is 9.97 Å². The first-order valence-electron chi connectivity index (χ1n) is 21.4. The summed E-state index contributed by atoms with van der Waals surface area (Å²) >= 11 is 0. The van der Waals surface area contributed by atoms with Crippen LogP contribution in [0.25, 0.3) is 116 Å². The maximum Gasteiger partial charge on any atom is 0.160 e. The highest BCUT2D eigenvalue weighted by atomic mass is 15.0. The number of benzene rings is 9.